The molecule has 7 aromatic carbocycles. The van der Waals surface area contributed by atoms with E-state index >= 15 is 0 Å². The number of fused-ring (bicyclic) bond motifs is 7. The topological polar surface area (TPSA) is 64.7 Å². The van der Waals surface area contributed by atoms with Crippen molar-refractivity contribution in [3.05, 3.63) is 146 Å². The van der Waals surface area contributed by atoms with Crippen LogP contribution in [-0.4, -0.2) is 19.9 Å². The fraction of sp³-hybridized carbons (Fsp3) is 0. The lowest BCUT2D eigenvalue weighted by Crippen LogP contribution is -2.00. The molecule has 0 aliphatic heterocycles. The average molecular weight is 633 g/mol. The molecule has 0 atom stereocenters. The van der Waals surface area contributed by atoms with E-state index in [1.165, 1.54) is 15.5 Å². The maximum Gasteiger partial charge on any atom is 0.164 e. The summed E-state index contributed by atoms with van der Waals surface area (Å²) in [6.07, 6.45) is 0. The highest BCUT2D eigenvalue weighted by atomic mass is 32.1. The molecular weight excluding hydrogens is 609 g/mol. The molecule has 0 aliphatic carbocycles. The molecule has 0 fully saturated rings. The molecule has 3 aromatic heterocycles. The largest absolute Gasteiger partial charge is 0.456 e. The Labute approximate surface area is 278 Å². The first-order valence-corrected chi connectivity index (χ1v) is 16.6. The number of benzene rings is 7. The molecule has 0 N–H and O–H groups in total. The third-order valence-corrected chi connectivity index (χ3v) is 10.1. The molecular formula is C42H24N4OS. The second kappa shape index (κ2) is 10.7. The SMILES string of the molecule is c1ccc(-c2nc(-c3ccc(-c4nc5ccc6ccccc6c5s4)cc3)nc(-c3cccc4oc5cc6ccccc6cc5c34)n2)cc1. The Morgan fingerprint density at radius 2 is 1.10 bits per heavy atom. The van der Waals surface area contributed by atoms with Crippen molar-refractivity contribution < 1.29 is 4.42 Å². The van der Waals surface area contributed by atoms with Gasteiger partial charge in [-0.2, -0.15) is 0 Å². The average Bonchev–Trinajstić information content (AvgIpc) is 3.76. The summed E-state index contributed by atoms with van der Waals surface area (Å²) in [5, 5.41) is 7.77. The lowest BCUT2D eigenvalue weighted by Gasteiger charge is -2.09. The Hall–Kier alpha value is -6.24. The number of aromatic nitrogens is 4. The minimum absolute atomic E-state index is 0.599. The molecule has 48 heavy (non-hydrogen) atoms. The van der Waals surface area contributed by atoms with Crippen LogP contribution < -0.4 is 0 Å². The van der Waals surface area contributed by atoms with E-state index in [2.05, 4.69) is 97.1 Å². The highest BCUT2D eigenvalue weighted by Gasteiger charge is 2.18. The van der Waals surface area contributed by atoms with Gasteiger partial charge in [0.2, 0.25) is 0 Å². The van der Waals surface area contributed by atoms with Crippen molar-refractivity contribution in [3.63, 3.8) is 0 Å². The summed E-state index contributed by atoms with van der Waals surface area (Å²) in [7, 11) is 0. The second-order valence-electron chi connectivity index (χ2n) is 11.9. The van der Waals surface area contributed by atoms with Crippen molar-refractivity contribution in [2.45, 2.75) is 0 Å². The van der Waals surface area contributed by atoms with E-state index in [0.29, 0.717) is 17.5 Å². The zero-order chi connectivity index (χ0) is 31.6. The number of thiazole rings is 1. The highest BCUT2D eigenvalue weighted by molar-refractivity contribution is 7.22. The van der Waals surface area contributed by atoms with Gasteiger partial charge in [0.05, 0.1) is 10.2 Å². The van der Waals surface area contributed by atoms with Gasteiger partial charge in [-0.15, -0.1) is 11.3 Å². The van der Waals surface area contributed by atoms with Crippen molar-refractivity contribution in [1.82, 2.24) is 19.9 Å². The number of hydrogen-bond acceptors (Lipinski definition) is 6. The smallest absolute Gasteiger partial charge is 0.164 e. The van der Waals surface area contributed by atoms with Gasteiger partial charge in [-0.1, -0.05) is 121 Å². The van der Waals surface area contributed by atoms with Crippen LogP contribution >= 0.6 is 11.3 Å². The first kappa shape index (κ1) is 26.9. The van der Waals surface area contributed by atoms with E-state index in [-0.39, 0.29) is 0 Å². The van der Waals surface area contributed by atoms with Gasteiger partial charge in [-0.25, -0.2) is 19.9 Å². The number of rotatable bonds is 4. The molecule has 5 nitrogen and oxygen atoms in total. The summed E-state index contributed by atoms with van der Waals surface area (Å²) in [4.78, 5) is 20.1. The van der Waals surface area contributed by atoms with Crippen molar-refractivity contribution in [2.24, 2.45) is 0 Å². The summed E-state index contributed by atoms with van der Waals surface area (Å²) in [5.74, 6) is 1.83. The molecule has 0 saturated heterocycles. The second-order valence-corrected chi connectivity index (χ2v) is 12.9. The molecule has 224 valence electrons. The molecule has 0 spiro atoms. The van der Waals surface area contributed by atoms with E-state index in [9.17, 15) is 0 Å². The third-order valence-electron chi connectivity index (χ3n) is 8.94. The van der Waals surface area contributed by atoms with Crippen LogP contribution in [0.2, 0.25) is 0 Å². The molecule has 6 heteroatoms. The third kappa shape index (κ3) is 4.38. The summed E-state index contributed by atoms with van der Waals surface area (Å²) >= 11 is 1.72. The van der Waals surface area contributed by atoms with E-state index < -0.39 is 0 Å². The van der Waals surface area contributed by atoms with Gasteiger partial charge < -0.3 is 4.42 Å². The molecule has 0 bridgehead atoms. The summed E-state index contributed by atoms with van der Waals surface area (Å²) in [5.41, 5.74) is 6.45. The first-order valence-electron chi connectivity index (χ1n) is 15.8. The minimum atomic E-state index is 0.599. The maximum absolute atomic E-state index is 6.38. The Morgan fingerprint density at radius 1 is 0.438 bits per heavy atom. The van der Waals surface area contributed by atoms with Gasteiger partial charge >= 0.3 is 0 Å². The van der Waals surface area contributed by atoms with Crippen molar-refractivity contribution in [2.75, 3.05) is 0 Å². The summed E-state index contributed by atoms with van der Waals surface area (Å²) in [6.45, 7) is 0. The van der Waals surface area contributed by atoms with Gasteiger partial charge in [0.1, 0.15) is 16.2 Å². The van der Waals surface area contributed by atoms with Gasteiger partial charge in [-0.3, -0.25) is 0 Å². The van der Waals surface area contributed by atoms with Gasteiger partial charge in [-0.05, 0) is 40.4 Å². The number of furan rings is 1. The molecule has 10 aromatic rings. The standard InChI is InChI=1S/C42H24N4OS/c1-2-10-26(11-3-1)39-44-40(27-17-19-28(20-18-27)42-43-34-22-21-25-9-6-7-14-31(25)38(34)48-42)46-41(45-39)32-15-8-16-35-37(32)33-23-29-12-4-5-13-30(29)24-36(33)47-35/h1-24H. The van der Waals surface area contributed by atoms with Crippen LogP contribution in [-0.2, 0) is 0 Å². The lowest BCUT2D eigenvalue weighted by atomic mass is 10.0. The monoisotopic (exact) mass is 632 g/mol. The van der Waals surface area contributed by atoms with Crippen LogP contribution in [0.15, 0.2) is 150 Å². The van der Waals surface area contributed by atoms with Crippen LogP contribution in [0.1, 0.15) is 0 Å². The molecule has 3 heterocycles. The Bertz CT molecular complexity index is 2840. The minimum Gasteiger partial charge on any atom is -0.456 e. The van der Waals surface area contributed by atoms with Gasteiger partial charge in [0, 0.05) is 38.4 Å². The summed E-state index contributed by atoms with van der Waals surface area (Å²) in [6, 6.07) is 49.9. The molecule has 0 radical (unpaired) electrons. The normalized spacial score (nSPS) is 11.8. The Balaban J connectivity index is 1.12. The van der Waals surface area contributed by atoms with Gasteiger partial charge in [0.15, 0.2) is 17.5 Å². The lowest BCUT2D eigenvalue weighted by molar-refractivity contribution is 0.669. The first-order chi connectivity index (χ1) is 23.7. The maximum atomic E-state index is 6.38. The van der Waals surface area contributed by atoms with Crippen LogP contribution in [0.5, 0.6) is 0 Å². The fourth-order valence-corrected chi connectivity index (χ4v) is 7.69. The van der Waals surface area contributed by atoms with E-state index in [1.807, 2.05) is 48.5 Å². The number of hydrogen-bond donors (Lipinski definition) is 0. The predicted octanol–water partition coefficient (Wildman–Crippen LogP) is 11.4. The highest BCUT2D eigenvalue weighted by Crippen LogP contribution is 2.39. The number of nitrogens with zero attached hydrogens (tertiary/aromatic N) is 4. The van der Waals surface area contributed by atoms with Crippen LogP contribution in [0.25, 0.3) is 98.4 Å². The van der Waals surface area contributed by atoms with Crippen LogP contribution in [0.3, 0.4) is 0 Å². The zero-order valence-corrected chi connectivity index (χ0v) is 26.3. The van der Waals surface area contributed by atoms with E-state index in [4.69, 9.17) is 24.4 Å². The van der Waals surface area contributed by atoms with E-state index in [1.54, 1.807) is 11.3 Å². The predicted molar refractivity (Wildman–Crippen MR) is 197 cm³/mol. The van der Waals surface area contributed by atoms with Crippen LogP contribution in [0.4, 0.5) is 0 Å². The Kier molecular flexibility index (Phi) is 5.98. The van der Waals surface area contributed by atoms with Crippen LogP contribution in [0, 0.1) is 0 Å². The fourth-order valence-electron chi connectivity index (χ4n) is 6.58. The van der Waals surface area contributed by atoms with E-state index in [0.717, 1.165) is 65.5 Å². The zero-order valence-electron chi connectivity index (χ0n) is 25.5. The molecule has 0 aliphatic rings. The molecule has 0 saturated carbocycles. The Morgan fingerprint density at radius 3 is 1.92 bits per heavy atom. The molecule has 0 unspecified atom stereocenters. The molecule has 0 amide bonds. The van der Waals surface area contributed by atoms with Crippen molar-refractivity contribution >= 4 is 65.0 Å². The van der Waals surface area contributed by atoms with Crippen molar-refractivity contribution in [1.29, 1.82) is 0 Å². The summed E-state index contributed by atoms with van der Waals surface area (Å²) < 4.78 is 7.58. The quantitative estimate of drug-likeness (QED) is 0.193. The van der Waals surface area contributed by atoms with Gasteiger partial charge in [0.25, 0.3) is 0 Å². The van der Waals surface area contributed by atoms with Crippen molar-refractivity contribution in [3.8, 4) is 44.7 Å². The molecule has 10 rings (SSSR count).